The highest BCUT2D eigenvalue weighted by Crippen LogP contribution is 2.20. The number of fused-ring (bicyclic) bond motifs is 1. The SMILES string of the molecule is CC(=O)NC(Cn1ccc2cc(Cl)ccc21)C(=O)O. The number of carboxylic acid groups (broad SMARTS) is 1. The van der Waals surface area contributed by atoms with Crippen LogP contribution in [0.3, 0.4) is 0 Å². The van der Waals surface area contributed by atoms with Gasteiger partial charge in [0.1, 0.15) is 6.04 Å². The van der Waals surface area contributed by atoms with E-state index in [0.29, 0.717) is 5.02 Å². The largest absolute Gasteiger partial charge is 0.480 e. The Morgan fingerprint density at radius 1 is 1.42 bits per heavy atom. The van der Waals surface area contributed by atoms with Gasteiger partial charge in [-0.15, -0.1) is 0 Å². The predicted molar refractivity (Wildman–Crippen MR) is 72.2 cm³/mol. The topological polar surface area (TPSA) is 71.3 Å². The van der Waals surface area contributed by atoms with E-state index in [1.54, 1.807) is 16.8 Å². The summed E-state index contributed by atoms with van der Waals surface area (Å²) in [4.78, 5) is 22.1. The number of carbonyl (C=O) groups is 2. The van der Waals surface area contributed by atoms with Gasteiger partial charge in [-0.3, -0.25) is 4.79 Å². The summed E-state index contributed by atoms with van der Waals surface area (Å²) in [5.74, 6) is -1.43. The van der Waals surface area contributed by atoms with E-state index < -0.39 is 12.0 Å². The molecule has 5 nitrogen and oxygen atoms in total. The molecule has 1 aromatic carbocycles. The summed E-state index contributed by atoms with van der Waals surface area (Å²) >= 11 is 5.89. The maximum Gasteiger partial charge on any atom is 0.328 e. The van der Waals surface area contributed by atoms with Crippen LogP contribution in [0.2, 0.25) is 5.02 Å². The molecule has 2 rings (SSSR count). The van der Waals surface area contributed by atoms with Crippen LogP contribution in [-0.4, -0.2) is 27.6 Å². The Labute approximate surface area is 114 Å². The third-order valence-corrected chi connectivity index (χ3v) is 3.02. The van der Waals surface area contributed by atoms with Crippen molar-refractivity contribution in [2.45, 2.75) is 19.5 Å². The zero-order valence-corrected chi connectivity index (χ0v) is 11.0. The van der Waals surface area contributed by atoms with Crippen LogP contribution in [0.4, 0.5) is 0 Å². The molecule has 1 heterocycles. The lowest BCUT2D eigenvalue weighted by Gasteiger charge is -2.15. The molecule has 0 aliphatic rings. The van der Waals surface area contributed by atoms with Crippen LogP contribution in [0, 0.1) is 0 Å². The molecule has 1 unspecified atom stereocenters. The van der Waals surface area contributed by atoms with Crippen molar-refractivity contribution in [1.29, 1.82) is 0 Å². The van der Waals surface area contributed by atoms with E-state index in [9.17, 15) is 9.59 Å². The molecule has 0 bridgehead atoms. The van der Waals surface area contributed by atoms with E-state index in [0.717, 1.165) is 10.9 Å². The van der Waals surface area contributed by atoms with Crippen molar-refractivity contribution in [3.63, 3.8) is 0 Å². The van der Waals surface area contributed by atoms with Crippen molar-refractivity contribution in [3.8, 4) is 0 Å². The predicted octanol–water partition coefficient (Wildman–Crippen LogP) is 1.88. The molecular weight excluding hydrogens is 268 g/mol. The van der Waals surface area contributed by atoms with Crippen molar-refractivity contribution >= 4 is 34.4 Å². The number of hydrogen-bond donors (Lipinski definition) is 2. The average Bonchev–Trinajstić information content (AvgIpc) is 2.70. The van der Waals surface area contributed by atoms with Crippen LogP contribution in [-0.2, 0) is 16.1 Å². The van der Waals surface area contributed by atoms with Gasteiger partial charge in [-0.1, -0.05) is 11.6 Å². The third-order valence-electron chi connectivity index (χ3n) is 2.79. The minimum atomic E-state index is -1.06. The first kappa shape index (κ1) is 13.4. The molecule has 1 atom stereocenters. The van der Waals surface area contributed by atoms with Crippen LogP contribution >= 0.6 is 11.6 Å². The normalized spacial score (nSPS) is 12.3. The lowest BCUT2D eigenvalue weighted by atomic mass is 10.2. The average molecular weight is 281 g/mol. The van der Waals surface area contributed by atoms with Crippen LogP contribution in [0.25, 0.3) is 10.9 Å². The Kier molecular flexibility index (Phi) is 3.76. The second-order valence-corrected chi connectivity index (χ2v) is 4.70. The third kappa shape index (κ3) is 3.06. The van der Waals surface area contributed by atoms with Crippen molar-refractivity contribution in [1.82, 2.24) is 9.88 Å². The molecule has 19 heavy (non-hydrogen) atoms. The number of carbonyl (C=O) groups excluding carboxylic acids is 1. The Bertz CT molecular complexity index is 636. The number of aliphatic carboxylic acids is 1. The summed E-state index contributed by atoms with van der Waals surface area (Å²) < 4.78 is 1.78. The summed E-state index contributed by atoms with van der Waals surface area (Å²) in [6, 6.07) is 6.28. The highest BCUT2D eigenvalue weighted by Gasteiger charge is 2.19. The van der Waals surface area contributed by atoms with E-state index in [2.05, 4.69) is 5.32 Å². The monoisotopic (exact) mass is 280 g/mol. The van der Waals surface area contributed by atoms with Gasteiger partial charge in [0.05, 0.1) is 6.54 Å². The van der Waals surface area contributed by atoms with Crippen LogP contribution in [0.5, 0.6) is 0 Å². The molecule has 1 amide bonds. The van der Waals surface area contributed by atoms with Gasteiger partial charge >= 0.3 is 5.97 Å². The van der Waals surface area contributed by atoms with Crippen LogP contribution in [0.1, 0.15) is 6.92 Å². The van der Waals surface area contributed by atoms with Crippen LogP contribution in [0.15, 0.2) is 30.5 Å². The van der Waals surface area contributed by atoms with Crippen molar-refractivity contribution in [2.24, 2.45) is 0 Å². The molecule has 0 fully saturated rings. The number of hydrogen-bond acceptors (Lipinski definition) is 2. The summed E-state index contributed by atoms with van der Waals surface area (Å²) in [5.41, 5.74) is 0.876. The molecule has 0 radical (unpaired) electrons. The van der Waals surface area contributed by atoms with Gasteiger partial charge in [0.2, 0.25) is 5.91 Å². The zero-order valence-electron chi connectivity index (χ0n) is 10.3. The molecule has 0 aliphatic carbocycles. The number of nitrogens with zero attached hydrogens (tertiary/aromatic N) is 1. The lowest BCUT2D eigenvalue weighted by Crippen LogP contribution is -2.42. The number of amides is 1. The summed E-state index contributed by atoms with van der Waals surface area (Å²) in [6.45, 7) is 1.46. The molecular formula is C13H13ClN2O3. The number of nitrogens with one attached hydrogen (secondary N) is 1. The van der Waals surface area contributed by atoms with Crippen molar-refractivity contribution in [2.75, 3.05) is 0 Å². The quantitative estimate of drug-likeness (QED) is 0.898. The van der Waals surface area contributed by atoms with Gasteiger partial charge < -0.3 is 15.0 Å². The summed E-state index contributed by atoms with van der Waals surface area (Å²) in [6.07, 6.45) is 1.78. The van der Waals surface area contributed by atoms with Crippen molar-refractivity contribution in [3.05, 3.63) is 35.5 Å². The number of rotatable bonds is 4. The minimum Gasteiger partial charge on any atom is -0.480 e. The lowest BCUT2D eigenvalue weighted by molar-refractivity contribution is -0.141. The standard InChI is InChI=1S/C13H13ClN2O3/c1-8(17)15-11(13(18)19)7-16-5-4-9-6-10(14)2-3-12(9)16/h2-6,11H,7H2,1H3,(H,15,17)(H,18,19). The molecule has 1 aromatic heterocycles. The Morgan fingerprint density at radius 3 is 2.79 bits per heavy atom. The highest BCUT2D eigenvalue weighted by molar-refractivity contribution is 6.31. The number of carboxylic acids is 1. The van der Waals surface area contributed by atoms with Gasteiger partial charge in [-0.2, -0.15) is 0 Å². The number of benzene rings is 1. The summed E-state index contributed by atoms with van der Waals surface area (Å²) in [5, 5.41) is 13.1. The van der Waals surface area contributed by atoms with Gasteiger partial charge in [0.25, 0.3) is 0 Å². The molecule has 0 spiro atoms. The molecule has 0 aliphatic heterocycles. The van der Waals surface area contributed by atoms with E-state index in [4.69, 9.17) is 16.7 Å². The van der Waals surface area contributed by atoms with Gasteiger partial charge in [0, 0.05) is 29.0 Å². The fourth-order valence-electron chi connectivity index (χ4n) is 1.96. The van der Waals surface area contributed by atoms with E-state index in [-0.39, 0.29) is 12.5 Å². The Morgan fingerprint density at radius 2 is 2.16 bits per heavy atom. The van der Waals surface area contributed by atoms with E-state index >= 15 is 0 Å². The van der Waals surface area contributed by atoms with E-state index in [1.807, 2.05) is 18.2 Å². The second-order valence-electron chi connectivity index (χ2n) is 4.26. The zero-order chi connectivity index (χ0) is 14.0. The molecule has 2 aromatic rings. The first-order valence-corrected chi connectivity index (χ1v) is 6.09. The molecule has 2 N–H and O–H groups in total. The molecule has 0 saturated carbocycles. The highest BCUT2D eigenvalue weighted by atomic mass is 35.5. The fourth-order valence-corrected chi connectivity index (χ4v) is 2.14. The van der Waals surface area contributed by atoms with Gasteiger partial charge in [0.15, 0.2) is 0 Å². The summed E-state index contributed by atoms with van der Waals surface area (Å²) in [7, 11) is 0. The molecule has 0 saturated heterocycles. The van der Waals surface area contributed by atoms with Crippen molar-refractivity contribution < 1.29 is 14.7 Å². The second kappa shape index (κ2) is 5.32. The minimum absolute atomic E-state index is 0.167. The van der Waals surface area contributed by atoms with Gasteiger partial charge in [-0.25, -0.2) is 4.79 Å². The number of aromatic nitrogens is 1. The Hall–Kier alpha value is -2.01. The fraction of sp³-hybridized carbons (Fsp3) is 0.231. The van der Waals surface area contributed by atoms with Crippen LogP contribution < -0.4 is 5.32 Å². The first-order chi connectivity index (χ1) is 8.97. The van der Waals surface area contributed by atoms with E-state index in [1.165, 1.54) is 6.92 Å². The van der Waals surface area contributed by atoms with Gasteiger partial charge in [-0.05, 0) is 24.3 Å². The molecule has 6 heteroatoms. The maximum atomic E-state index is 11.1. The smallest absolute Gasteiger partial charge is 0.328 e. The number of halogens is 1. The maximum absolute atomic E-state index is 11.1. The first-order valence-electron chi connectivity index (χ1n) is 5.71. The Balaban J connectivity index is 2.28. The molecule has 100 valence electrons.